The molecule has 4 aromatic rings. The summed E-state index contributed by atoms with van der Waals surface area (Å²) in [5.41, 5.74) is 3.85. The van der Waals surface area contributed by atoms with Crippen molar-refractivity contribution in [2.24, 2.45) is 0 Å². The molecule has 0 aliphatic carbocycles. The van der Waals surface area contributed by atoms with Gasteiger partial charge in [0, 0.05) is 11.1 Å². The van der Waals surface area contributed by atoms with E-state index in [4.69, 9.17) is 4.74 Å². The molecule has 38 heavy (non-hydrogen) atoms. The second kappa shape index (κ2) is 10.0. The molecule has 0 saturated heterocycles. The molecule has 7 heteroatoms. The summed E-state index contributed by atoms with van der Waals surface area (Å²) in [6.07, 6.45) is -4.47. The maximum Gasteiger partial charge on any atom is 0.416 e. The summed E-state index contributed by atoms with van der Waals surface area (Å²) < 4.78 is 44.6. The number of fused-ring (bicyclic) bond motifs is 1. The van der Waals surface area contributed by atoms with Crippen molar-refractivity contribution in [2.45, 2.75) is 12.7 Å². The number of benzene rings is 4. The minimum atomic E-state index is -4.47. The number of hydrogen-bond acceptors (Lipinski definition) is 3. The van der Waals surface area contributed by atoms with Gasteiger partial charge in [0.1, 0.15) is 0 Å². The topological polar surface area (TPSA) is 46.6 Å². The van der Waals surface area contributed by atoms with Gasteiger partial charge in [-0.25, -0.2) is 4.79 Å². The van der Waals surface area contributed by atoms with E-state index < -0.39 is 17.7 Å². The van der Waals surface area contributed by atoms with Crippen molar-refractivity contribution >= 4 is 28.7 Å². The van der Waals surface area contributed by atoms with Gasteiger partial charge in [-0.15, -0.1) is 0 Å². The van der Waals surface area contributed by atoms with Crippen molar-refractivity contribution < 1.29 is 27.5 Å². The maximum atomic E-state index is 14.1. The summed E-state index contributed by atoms with van der Waals surface area (Å²) in [7, 11) is 1.30. The average molecular weight is 514 g/mol. The number of rotatable bonds is 5. The first-order chi connectivity index (χ1) is 18.3. The van der Waals surface area contributed by atoms with Gasteiger partial charge in [-0.2, -0.15) is 13.2 Å². The molecule has 0 aromatic heterocycles. The van der Waals surface area contributed by atoms with E-state index >= 15 is 0 Å². The fourth-order valence-corrected chi connectivity index (χ4v) is 4.66. The van der Waals surface area contributed by atoms with Gasteiger partial charge in [-0.05, 0) is 47.0 Å². The Kier molecular flexibility index (Phi) is 6.59. The fourth-order valence-electron chi connectivity index (χ4n) is 4.66. The summed E-state index contributed by atoms with van der Waals surface area (Å²) >= 11 is 0. The molecule has 0 unspecified atom stereocenters. The zero-order chi connectivity index (χ0) is 26.9. The van der Waals surface area contributed by atoms with Gasteiger partial charge in [0.15, 0.2) is 0 Å². The number of esters is 1. The molecular formula is C31H22F3NO3. The van der Waals surface area contributed by atoms with E-state index in [2.05, 4.69) is 0 Å². The van der Waals surface area contributed by atoms with Crippen LogP contribution >= 0.6 is 0 Å². The van der Waals surface area contributed by atoms with Crippen molar-refractivity contribution in [1.82, 2.24) is 0 Å². The maximum absolute atomic E-state index is 14.1. The molecule has 1 aliphatic rings. The Morgan fingerprint density at radius 1 is 0.789 bits per heavy atom. The second-order valence-electron chi connectivity index (χ2n) is 8.79. The third kappa shape index (κ3) is 4.70. The standard InChI is InChI=1S/C31H22F3NO3/c1-38-30(37)23-11-7-8-20(18-23)19-35-26-13-6-5-12-25(26)28(29(35)36)27(21-9-3-2-4-10-21)22-14-16-24(17-15-22)31(32,33)34/h2-18H,19H2,1H3. The molecule has 0 saturated carbocycles. The summed E-state index contributed by atoms with van der Waals surface area (Å²) in [6.45, 7) is 0.194. The second-order valence-corrected chi connectivity index (χ2v) is 8.79. The highest BCUT2D eigenvalue weighted by Crippen LogP contribution is 2.44. The van der Waals surface area contributed by atoms with Crippen LogP contribution in [0.1, 0.15) is 38.2 Å². The van der Waals surface area contributed by atoms with Crippen molar-refractivity contribution in [3.8, 4) is 0 Å². The minimum absolute atomic E-state index is 0.194. The molecular weight excluding hydrogens is 491 g/mol. The predicted molar refractivity (Wildman–Crippen MR) is 139 cm³/mol. The van der Waals surface area contributed by atoms with E-state index in [1.54, 1.807) is 23.1 Å². The Bertz CT molecular complexity index is 1540. The number of carbonyl (C=O) groups excluding carboxylic acids is 2. The number of hydrogen-bond donors (Lipinski definition) is 0. The van der Waals surface area contributed by atoms with E-state index in [0.717, 1.165) is 17.7 Å². The van der Waals surface area contributed by atoms with Gasteiger partial charge in [0.2, 0.25) is 0 Å². The number of anilines is 1. The Morgan fingerprint density at radius 2 is 1.42 bits per heavy atom. The largest absolute Gasteiger partial charge is 0.465 e. The number of amides is 1. The molecule has 4 nitrogen and oxygen atoms in total. The quantitative estimate of drug-likeness (QED) is 0.213. The van der Waals surface area contributed by atoms with Crippen LogP contribution in [0.4, 0.5) is 18.9 Å². The van der Waals surface area contributed by atoms with Gasteiger partial charge in [0.25, 0.3) is 5.91 Å². The lowest BCUT2D eigenvalue weighted by molar-refractivity contribution is -0.137. The van der Waals surface area contributed by atoms with Crippen LogP contribution in [0.5, 0.6) is 0 Å². The van der Waals surface area contributed by atoms with Crippen LogP contribution in [-0.2, 0) is 22.3 Å². The molecule has 1 heterocycles. The third-order valence-corrected chi connectivity index (χ3v) is 6.43. The molecule has 190 valence electrons. The Morgan fingerprint density at radius 3 is 2.11 bits per heavy atom. The Balaban J connectivity index is 1.66. The summed E-state index contributed by atoms with van der Waals surface area (Å²) in [4.78, 5) is 27.7. The average Bonchev–Trinajstić information content (AvgIpc) is 3.20. The molecule has 0 radical (unpaired) electrons. The van der Waals surface area contributed by atoms with Crippen molar-refractivity contribution in [2.75, 3.05) is 12.0 Å². The highest BCUT2D eigenvalue weighted by atomic mass is 19.4. The number of halogens is 3. The van der Waals surface area contributed by atoms with Crippen LogP contribution < -0.4 is 4.90 Å². The van der Waals surface area contributed by atoms with Crippen molar-refractivity contribution in [3.05, 3.63) is 137 Å². The minimum Gasteiger partial charge on any atom is -0.465 e. The third-order valence-electron chi connectivity index (χ3n) is 6.43. The zero-order valence-electron chi connectivity index (χ0n) is 20.3. The normalized spacial score (nSPS) is 14.3. The number of ether oxygens (including phenoxy) is 1. The van der Waals surface area contributed by atoms with Crippen LogP contribution in [0.25, 0.3) is 11.1 Å². The van der Waals surface area contributed by atoms with E-state index in [1.165, 1.54) is 19.2 Å². The molecule has 5 rings (SSSR count). The molecule has 0 atom stereocenters. The fraction of sp³-hybridized carbons (Fsp3) is 0.0968. The van der Waals surface area contributed by atoms with Crippen LogP contribution in [-0.4, -0.2) is 19.0 Å². The first-order valence-corrected chi connectivity index (χ1v) is 11.8. The number of nitrogens with zero attached hydrogens (tertiary/aromatic N) is 1. The highest BCUT2D eigenvalue weighted by molar-refractivity contribution is 6.38. The molecule has 0 spiro atoms. The first kappa shape index (κ1) is 25.0. The van der Waals surface area contributed by atoms with Gasteiger partial charge in [-0.3, -0.25) is 4.79 Å². The molecule has 4 aromatic carbocycles. The smallest absolute Gasteiger partial charge is 0.416 e. The lowest BCUT2D eigenvalue weighted by atomic mass is 9.89. The molecule has 0 bridgehead atoms. The summed E-state index contributed by atoms with van der Waals surface area (Å²) in [5.74, 6) is -0.761. The Labute approximate surface area is 217 Å². The van der Waals surface area contributed by atoms with E-state index in [0.29, 0.717) is 39.1 Å². The van der Waals surface area contributed by atoms with Gasteiger partial charge < -0.3 is 9.64 Å². The van der Waals surface area contributed by atoms with Gasteiger partial charge >= 0.3 is 12.1 Å². The lowest BCUT2D eigenvalue weighted by Crippen LogP contribution is -2.26. The first-order valence-electron chi connectivity index (χ1n) is 11.8. The lowest BCUT2D eigenvalue weighted by Gasteiger charge is -2.18. The SMILES string of the molecule is COC(=O)c1cccc(CN2C(=O)C(=C(c3ccccc3)c3ccc(C(F)(F)F)cc3)c3ccccc32)c1. The molecule has 0 fully saturated rings. The van der Waals surface area contributed by atoms with Crippen LogP contribution in [0.15, 0.2) is 103 Å². The number of methoxy groups -OCH3 is 1. The number of para-hydroxylation sites is 1. The van der Waals surface area contributed by atoms with E-state index in [-0.39, 0.29) is 12.5 Å². The van der Waals surface area contributed by atoms with Crippen molar-refractivity contribution in [3.63, 3.8) is 0 Å². The van der Waals surface area contributed by atoms with Crippen LogP contribution in [0.2, 0.25) is 0 Å². The molecule has 0 N–H and O–H groups in total. The van der Waals surface area contributed by atoms with E-state index in [9.17, 15) is 22.8 Å². The Hall–Kier alpha value is -4.65. The number of carbonyl (C=O) groups is 2. The summed E-state index contributed by atoms with van der Waals surface area (Å²) in [6, 6.07) is 28.2. The zero-order valence-corrected chi connectivity index (χ0v) is 20.3. The monoisotopic (exact) mass is 513 g/mol. The van der Waals surface area contributed by atoms with Crippen molar-refractivity contribution in [1.29, 1.82) is 0 Å². The van der Waals surface area contributed by atoms with Crippen LogP contribution in [0, 0.1) is 0 Å². The predicted octanol–water partition coefficient (Wildman–Crippen LogP) is 7.00. The van der Waals surface area contributed by atoms with Gasteiger partial charge in [0.05, 0.1) is 36.0 Å². The van der Waals surface area contributed by atoms with Gasteiger partial charge in [-0.1, -0.05) is 72.8 Å². The molecule has 1 aliphatic heterocycles. The number of alkyl halides is 3. The van der Waals surface area contributed by atoms with E-state index in [1.807, 2.05) is 60.7 Å². The molecule has 1 amide bonds. The van der Waals surface area contributed by atoms with Crippen LogP contribution in [0.3, 0.4) is 0 Å². The highest BCUT2D eigenvalue weighted by Gasteiger charge is 2.36. The summed E-state index contributed by atoms with van der Waals surface area (Å²) in [5, 5.41) is 0.